The second-order valence-electron chi connectivity index (χ2n) is 5.20. The molecule has 0 fully saturated rings. The summed E-state index contributed by atoms with van der Waals surface area (Å²) in [4.78, 5) is 11.4. The highest BCUT2D eigenvalue weighted by molar-refractivity contribution is 6.41. The maximum absolute atomic E-state index is 11.4. The zero-order chi connectivity index (χ0) is 14.6. The first-order valence-corrected chi connectivity index (χ1v) is 6.81. The van der Waals surface area contributed by atoms with Crippen molar-refractivity contribution in [2.75, 3.05) is 6.54 Å². The molecule has 0 radical (unpaired) electrons. The van der Waals surface area contributed by atoms with Crippen LogP contribution in [0.25, 0.3) is 0 Å². The van der Waals surface area contributed by atoms with Gasteiger partial charge in [-0.25, -0.2) is 4.79 Å². The molecule has 1 aromatic rings. The first-order valence-electron chi connectivity index (χ1n) is 6.06. The highest BCUT2D eigenvalue weighted by Crippen LogP contribution is 2.24. The predicted molar refractivity (Wildman–Crippen MR) is 75.8 cm³/mol. The van der Waals surface area contributed by atoms with Gasteiger partial charge < -0.3 is 10.1 Å². The van der Waals surface area contributed by atoms with Gasteiger partial charge in [0, 0.05) is 13.1 Å². The van der Waals surface area contributed by atoms with E-state index >= 15 is 0 Å². The standard InChI is InChI=1S/C12H19Cl2N3O2/c1-8-9(13)10(14)17(16-8)7-5-6-15-11(18)19-12(2,3)4/h5-7H2,1-4H3,(H,15,18). The average Bonchev–Trinajstić information content (AvgIpc) is 2.50. The lowest BCUT2D eigenvalue weighted by atomic mass is 10.2. The number of ether oxygens (including phenoxy) is 1. The quantitative estimate of drug-likeness (QED) is 0.867. The maximum Gasteiger partial charge on any atom is 0.407 e. The topological polar surface area (TPSA) is 56.2 Å². The SMILES string of the molecule is Cc1nn(CCCNC(=O)OC(C)(C)C)c(Cl)c1Cl. The number of nitrogens with zero attached hydrogens (tertiary/aromatic N) is 2. The van der Waals surface area contributed by atoms with Gasteiger partial charge in [0.2, 0.25) is 0 Å². The van der Waals surface area contributed by atoms with E-state index in [2.05, 4.69) is 10.4 Å². The molecule has 1 amide bonds. The average molecular weight is 308 g/mol. The van der Waals surface area contributed by atoms with Crippen LogP contribution in [0, 0.1) is 6.92 Å². The van der Waals surface area contributed by atoms with Crippen LogP contribution in [0.3, 0.4) is 0 Å². The van der Waals surface area contributed by atoms with Crippen molar-refractivity contribution in [2.45, 2.75) is 46.3 Å². The molecular formula is C12H19Cl2N3O2. The maximum atomic E-state index is 11.4. The molecule has 5 nitrogen and oxygen atoms in total. The predicted octanol–water partition coefficient (Wildman–Crippen LogP) is 3.41. The van der Waals surface area contributed by atoms with Crippen molar-refractivity contribution in [1.29, 1.82) is 0 Å². The van der Waals surface area contributed by atoms with Crippen LogP contribution < -0.4 is 5.32 Å². The molecule has 0 aliphatic carbocycles. The minimum absolute atomic E-state index is 0.423. The lowest BCUT2D eigenvalue weighted by molar-refractivity contribution is 0.0526. The highest BCUT2D eigenvalue weighted by Gasteiger charge is 2.15. The lowest BCUT2D eigenvalue weighted by Crippen LogP contribution is -2.33. The van der Waals surface area contributed by atoms with Crippen molar-refractivity contribution in [3.63, 3.8) is 0 Å². The Morgan fingerprint density at radius 1 is 1.42 bits per heavy atom. The van der Waals surface area contributed by atoms with Gasteiger partial charge in [-0.3, -0.25) is 4.68 Å². The van der Waals surface area contributed by atoms with Gasteiger partial charge >= 0.3 is 6.09 Å². The molecular weight excluding hydrogens is 289 g/mol. The van der Waals surface area contributed by atoms with Crippen molar-refractivity contribution >= 4 is 29.3 Å². The minimum atomic E-state index is -0.486. The van der Waals surface area contributed by atoms with Crippen molar-refractivity contribution < 1.29 is 9.53 Å². The van der Waals surface area contributed by atoms with Gasteiger partial charge in [-0.05, 0) is 34.1 Å². The number of rotatable bonds is 4. The molecule has 1 aromatic heterocycles. The summed E-state index contributed by atoms with van der Waals surface area (Å²) >= 11 is 11.9. The molecule has 1 N–H and O–H groups in total. The fraction of sp³-hybridized carbons (Fsp3) is 0.667. The molecule has 0 aromatic carbocycles. The number of nitrogens with one attached hydrogen (secondary N) is 1. The van der Waals surface area contributed by atoms with Crippen LogP contribution in [-0.2, 0) is 11.3 Å². The van der Waals surface area contributed by atoms with Crippen LogP contribution in [0.4, 0.5) is 4.79 Å². The Kier molecular flexibility index (Phi) is 5.50. The van der Waals surface area contributed by atoms with Crippen molar-refractivity contribution in [2.24, 2.45) is 0 Å². The molecule has 0 bridgehead atoms. The van der Waals surface area contributed by atoms with Crippen LogP contribution in [0.1, 0.15) is 32.9 Å². The van der Waals surface area contributed by atoms with E-state index in [-0.39, 0.29) is 0 Å². The van der Waals surface area contributed by atoms with E-state index in [1.54, 1.807) is 11.6 Å². The second kappa shape index (κ2) is 6.48. The third kappa shape index (κ3) is 5.28. The minimum Gasteiger partial charge on any atom is -0.444 e. The van der Waals surface area contributed by atoms with E-state index in [0.29, 0.717) is 35.4 Å². The van der Waals surface area contributed by atoms with Crippen LogP contribution in [-0.4, -0.2) is 28.0 Å². The van der Waals surface area contributed by atoms with Gasteiger partial charge in [0.25, 0.3) is 0 Å². The Bertz CT molecular complexity index is 453. The zero-order valence-corrected chi connectivity index (χ0v) is 13.1. The van der Waals surface area contributed by atoms with Gasteiger partial charge in [-0.1, -0.05) is 23.2 Å². The number of carbonyl (C=O) groups is 1. The fourth-order valence-corrected chi connectivity index (χ4v) is 1.81. The lowest BCUT2D eigenvalue weighted by Gasteiger charge is -2.19. The summed E-state index contributed by atoms with van der Waals surface area (Å²) in [7, 11) is 0. The van der Waals surface area contributed by atoms with Gasteiger partial charge in [-0.2, -0.15) is 5.10 Å². The highest BCUT2D eigenvalue weighted by atomic mass is 35.5. The third-order valence-corrected chi connectivity index (χ3v) is 3.14. The number of alkyl carbamates (subject to hydrolysis) is 1. The summed E-state index contributed by atoms with van der Waals surface area (Å²) in [5.41, 5.74) is 0.215. The number of halogens is 2. The zero-order valence-electron chi connectivity index (χ0n) is 11.6. The fourth-order valence-electron chi connectivity index (χ4n) is 1.41. The molecule has 1 rings (SSSR count). The Labute approximate surface area is 123 Å². The molecule has 0 saturated carbocycles. The number of aromatic nitrogens is 2. The number of hydrogen-bond donors (Lipinski definition) is 1. The summed E-state index contributed by atoms with van der Waals surface area (Å²) in [6.45, 7) is 8.33. The van der Waals surface area contributed by atoms with Crippen LogP contribution in [0.2, 0.25) is 10.2 Å². The first kappa shape index (κ1) is 16.1. The molecule has 0 unspecified atom stereocenters. The Morgan fingerprint density at radius 3 is 2.53 bits per heavy atom. The summed E-state index contributed by atoms with van der Waals surface area (Å²) in [6.07, 6.45) is 0.268. The molecule has 1 heterocycles. The van der Waals surface area contributed by atoms with E-state index in [1.807, 2.05) is 20.8 Å². The van der Waals surface area contributed by atoms with E-state index in [9.17, 15) is 4.79 Å². The van der Waals surface area contributed by atoms with E-state index in [1.165, 1.54) is 0 Å². The third-order valence-electron chi connectivity index (χ3n) is 2.21. The number of carbonyl (C=O) groups excluding carboxylic acids is 1. The number of hydrogen-bond acceptors (Lipinski definition) is 3. The molecule has 7 heteroatoms. The number of aryl methyl sites for hydroxylation is 2. The van der Waals surface area contributed by atoms with Crippen LogP contribution >= 0.6 is 23.2 Å². The van der Waals surface area contributed by atoms with E-state index in [0.717, 1.165) is 0 Å². The molecule has 0 atom stereocenters. The molecule has 0 saturated heterocycles. The molecule has 0 spiro atoms. The van der Waals surface area contributed by atoms with Gasteiger partial charge in [-0.15, -0.1) is 0 Å². The Hall–Kier alpha value is -0.940. The molecule has 0 aliphatic heterocycles. The van der Waals surface area contributed by atoms with Gasteiger partial charge in [0.15, 0.2) is 0 Å². The van der Waals surface area contributed by atoms with Crippen molar-refractivity contribution in [3.8, 4) is 0 Å². The number of amides is 1. The normalized spacial score (nSPS) is 11.5. The summed E-state index contributed by atoms with van der Waals surface area (Å²) in [5, 5.41) is 7.77. The van der Waals surface area contributed by atoms with Crippen LogP contribution in [0.5, 0.6) is 0 Å². The van der Waals surface area contributed by atoms with Crippen molar-refractivity contribution in [3.05, 3.63) is 15.9 Å². The van der Waals surface area contributed by atoms with Gasteiger partial charge in [0.1, 0.15) is 15.8 Å². The molecule has 19 heavy (non-hydrogen) atoms. The Balaban J connectivity index is 2.31. The van der Waals surface area contributed by atoms with Crippen molar-refractivity contribution in [1.82, 2.24) is 15.1 Å². The largest absolute Gasteiger partial charge is 0.444 e. The smallest absolute Gasteiger partial charge is 0.407 e. The first-order chi connectivity index (χ1) is 8.70. The summed E-state index contributed by atoms with van der Waals surface area (Å²) in [6, 6.07) is 0. The van der Waals surface area contributed by atoms with Gasteiger partial charge in [0.05, 0.1) is 5.69 Å². The summed E-state index contributed by atoms with van der Waals surface area (Å²) < 4.78 is 6.74. The Morgan fingerprint density at radius 2 is 2.05 bits per heavy atom. The molecule has 0 aliphatic rings. The second-order valence-corrected chi connectivity index (χ2v) is 5.93. The van der Waals surface area contributed by atoms with E-state index in [4.69, 9.17) is 27.9 Å². The van der Waals surface area contributed by atoms with E-state index < -0.39 is 11.7 Å². The van der Waals surface area contributed by atoms with Crippen LogP contribution in [0.15, 0.2) is 0 Å². The monoisotopic (exact) mass is 307 g/mol. The summed E-state index contributed by atoms with van der Waals surface area (Å²) in [5.74, 6) is 0. The molecule has 108 valence electrons.